The second-order valence-electron chi connectivity index (χ2n) is 9.78. The minimum absolute atomic E-state index is 0.0843. The molecule has 8 nitrogen and oxygen atoms in total. The van der Waals surface area contributed by atoms with E-state index in [0.29, 0.717) is 38.5 Å². The Morgan fingerprint density at radius 1 is 1.11 bits per heavy atom. The van der Waals surface area contributed by atoms with Crippen LogP contribution in [0.4, 0.5) is 24.5 Å². The van der Waals surface area contributed by atoms with E-state index in [1.54, 1.807) is 17.3 Å². The Morgan fingerprint density at radius 2 is 1.80 bits per heavy atom. The fraction of sp³-hybridized carbons (Fsp3) is 0.625. The van der Waals surface area contributed by atoms with Crippen molar-refractivity contribution >= 4 is 17.3 Å². The number of piperazine rings is 1. The van der Waals surface area contributed by atoms with Crippen LogP contribution in [0.1, 0.15) is 33.1 Å². The molecule has 0 aliphatic carbocycles. The standard InChI is InChI=1S/C24H32F3N7O/c1-23(2,33-12-10-31(11-13-33)16-24(25,26)27)21(34-17-30-19-15-29-7-6-20(19)34)18(14-28)22(35)32-8-4-3-5-9-32/h6-7,15,30H,3-5,8-13,16-17H2,1-2H3. The Bertz CT molecular complexity index is 1000. The molecule has 0 unspecified atom stereocenters. The highest BCUT2D eigenvalue weighted by Gasteiger charge is 2.43. The first-order valence-electron chi connectivity index (χ1n) is 12.1. The average Bonchev–Trinajstić information content (AvgIpc) is 3.25. The van der Waals surface area contributed by atoms with E-state index in [2.05, 4.69) is 21.3 Å². The number of carbonyl (C=O) groups is 1. The van der Waals surface area contributed by atoms with Crippen molar-refractivity contribution in [1.82, 2.24) is 19.7 Å². The molecule has 0 radical (unpaired) electrons. The van der Waals surface area contributed by atoms with Crippen LogP contribution in [0.2, 0.25) is 0 Å². The van der Waals surface area contributed by atoms with Crippen molar-refractivity contribution in [3.8, 4) is 6.07 Å². The lowest BCUT2D eigenvalue weighted by molar-refractivity contribution is -0.150. The van der Waals surface area contributed by atoms with Crippen LogP contribution < -0.4 is 10.2 Å². The number of hydrogen-bond donors (Lipinski definition) is 1. The molecule has 0 saturated carbocycles. The van der Waals surface area contributed by atoms with Gasteiger partial charge in [-0.25, -0.2) is 0 Å². The van der Waals surface area contributed by atoms with Crippen molar-refractivity contribution in [3.05, 3.63) is 29.7 Å². The molecular weight excluding hydrogens is 459 g/mol. The molecule has 2 saturated heterocycles. The number of anilines is 2. The van der Waals surface area contributed by atoms with Gasteiger partial charge in [-0.15, -0.1) is 0 Å². The Labute approximate surface area is 204 Å². The monoisotopic (exact) mass is 491 g/mol. The zero-order valence-electron chi connectivity index (χ0n) is 20.2. The summed E-state index contributed by atoms with van der Waals surface area (Å²) in [6.07, 6.45) is 2.00. The summed E-state index contributed by atoms with van der Waals surface area (Å²) in [5.74, 6) is -0.284. The third-order valence-corrected chi connectivity index (χ3v) is 7.14. The summed E-state index contributed by atoms with van der Waals surface area (Å²) >= 11 is 0. The third-order valence-electron chi connectivity index (χ3n) is 7.14. The zero-order valence-corrected chi connectivity index (χ0v) is 20.2. The number of nitrogens with one attached hydrogen (secondary N) is 1. The predicted octanol–water partition coefficient (Wildman–Crippen LogP) is 3.02. The molecule has 1 aromatic heterocycles. The lowest BCUT2D eigenvalue weighted by atomic mass is 9.90. The molecule has 3 aliphatic heterocycles. The molecule has 2 fully saturated rings. The Kier molecular flexibility index (Phi) is 7.24. The summed E-state index contributed by atoms with van der Waals surface area (Å²) < 4.78 is 38.7. The van der Waals surface area contributed by atoms with Crippen molar-refractivity contribution in [1.29, 1.82) is 5.26 Å². The van der Waals surface area contributed by atoms with Gasteiger partial charge in [-0.2, -0.15) is 18.4 Å². The Hall–Kier alpha value is -2.84. The third kappa shape index (κ3) is 5.38. The molecule has 0 bridgehead atoms. The quantitative estimate of drug-likeness (QED) is 0.501. The molecule has 0 aromatic carbocycles. The molecule has 190 valence electrons. The van der Waals surface area contributed by atoms with Crippen LogP contribution in [0.3, 0.4) is 0 Å². The van der Waals surface area contributed by atoms with Gasteiger partial charge < -0.3 is 15.1 Å². The molecule has 3 aliphatic rings. The molecular formula is C24H32F3N7O. The van der Waals surface area contributed by atoms with Gasteiger partial charge in [0.15, 0.2) is 0 Å². The van der Waals surface area contributed by atoms with Gasteiger partial charge >= 0.3 is 6.18 Å². The number of amides is 1. The van der Waals surface area contributed by atoms with Crippen molar-refractivity contribution in [2.45, 2.75) is 44.8 Å². The van der Waals surface area contributed by atoms with Crippen LogP contribution in [0.15, 0.2) is 29.7 Å². The number of nitrogens with zero attached hydrogens (tertiary/aromatic N) is 6. The number of rotatable bonds is 5. The van der Waals surface area contributed by atoms with Crippen LogP contribution in [0, 0.1) is 11.3 Å². The van der Waals surface area contributed by atoms with Gasteiger partial charge in [0.1, 0.15) is 11.6 Å². The molecule has 1 N–H and O–H groups in total. The van der Waals surface area contributed by atoms with E-state index in [-0.39, 0.29) is 24.6 Å². The van der Waals surface area contributed by atoms with Gasteiger partial charge in [-0.05, 0) is 39.2 Å². The second-order valence-corrected chi connectivity index (χ2v) is 9.78. The van der Waals surface area contributed by atoms with Crippen LogP contribution in [-0.4, -0.2) is 89.8 Å². The highest BCUT2D eigenvalue weighted by Crippen LogP contribution is 2.40. The van der Waals surface area contributed by atoms with E-state index in [4.69, 9.17) is 0 Å². The first-order valence-corrected chi connectivity index (χ1v) is 12.1. The Morgan fingerprint density at radius 3 is 2.43 bits per heavy atom. The maximum Gasteiger partial charge on any atom is 0.401 e. The highest BCUT2D eigenvalue weighted by atomic mass is 19.4. The molecule has 4 rings (SSSR count). The van der Waals surface area contributed by atoms with Crippen LogP contribution in [0.25, 0.3) is 0 Å². The van der Waals surface area contributed by atoms with E-state index >= 15 is 0 Å². The van der Waals surface area contributed by atoms with E-state index in [0.717, 1.165) is 30.6 Å². The summed E-state index contributed by atoms with van der Waals surface area (Å²) in [5.41, 5.74) is 1.49. The van der Waals surface area contributed by atoms with Crippen LogP contribution in [-0.2, 0) is 4.79 Å². The summed E-state index contributed by atoms with van der Waals surface area (Å²) in [6.45, 7) is 5.88. The maximum absolute atomic E-state index is 13.6. The van der Waals surface area contributed by atoms with Crippen molar-refractivity contribution in [3.63, 3.8) is 0 Å². The van der Waals surface area contributed by atoms with Gasteiger partial charge in [0.05, 0.1) is 42.0 Å². The summed E-state index contributed by atoms with van der Waals surface area (Å²) in [6, 6.07) is 4.05. The summed E-state index contributed by atoms with van der Waals surface area (Å²) in [5, 5.41) is 13.5. The van der Waals surface area contributed by atoms with Gasteiger partial charge in [0.25, 0.3) is 5.91 Å². The molecule has 1 aromatic rings. The molecule has 1 amide bonds. The zero-order chi connectivity index (χ0) is 25.2. The molecule has 4 heterocycles. The maximum atomic E-state index is 13.6. The Balaban J connectivity index is 1.70. The van der Waals surface area contributed by atoms with Gasteiger partial charge in [0.2, 0.25) is 0 Å². The lowest BCUT2D eigenvalue weighted by Crippen LogP contribution is -2.59. The number of alkyl halides is 3. The van der Waals surface area contributed by atoms with E-state index in [9.17, 15) is 23.2 Å². The van der Waals surface area contributed by atoms with Gasteiger partial charge in [-0.1, -0.05) is 0 Å². The minimum atomic E-state index is -4.24. The van der Waals surface area contributed by atoms with Gasteiger partial charge in [0, 0.05) is 45.5 Å². The fourth-order valence-electron chi connectivity index (χ4n) is 5.30. The number of nitriles is 1. The number of aromatic nitrogens is 1. The molecule has 0 spiro atoms. The number of hydrogen-bond acceptors (Lipinski definition) is 7. The second kappa shape index (κ2) is 10.0. The van der Waals surface area contributed by atoms with Crippen molar-refractivity contribution in [2.75, 3.05) is 62.7 Å². The number of halogens is 3. The lowest BCUT2D eigenvalue weighted by Gasteiger charge is -2.47. The van der Waals surface area contributed by atoms with Crippen LogP contribution in [0.5, 0.6) is 0 Å². The summed E-state index contributed by atoms with van der Waals surface area (Å²) in [7, 11) is 0. The van der Waals surface area contributed by atoms with Crippen molar-refractivity contribution < 1.29 is 18.0 Å². The fourth-order valence-corrected chi connectivity index (χ4v) is 5.30. The smallest absolute Gasteiger partial charge is 0.364 e. The molecule has 0 atom stereocenters. The average molecular weight is 492 g/mol. The number of likely N-dealkylation sites (tertiary alicyclic amines) is 1. The van der Waals surface area contributed by atoms with E-state index in [1.165, 1.54) is 4.90 Å². The van der Waals surface area contributed by atoms with Crippen LogP contribution >= 0.6 is 0 Å². The largest absolute Gasteiger partial charge is 0.401 e. The highest BCUT2D eigenvalue weighted by molar-refractivity contribution is 5.99. The summed E-state index contributed by atoms with van der Waals surface area (Å²) in [4.78, 5) is 24.9. The first kappa shape index (κ1) is 25.3. The number of carbonyl (C=O) groups excluding carboxylic acids is 1. The molecule has 11 heteroatoms. The predicted molar refractivity (Wildman–Crippen MR) is 126 cm³/mol. The van der Waals surface area contributed by atoms with E-state index in [1.807, 2.05) is 24.8 Å². The molecule has 35 heavy (non-hydrogen) atoms. The SMILES string of the molecule is CC(C)(C(=C(C#N)C(=O)N1CCCCC1)N1CNc2cnccc21)N1CCN(CC(F)(F)F)CC1. The van der Waals surface area contributed by atoms with E-state index < -0.39 is 18.3 Å². The number of fused-ring (bicyclic) bond motifs is 1. The van der Waals surface area contributed by atoms with Gasteiger partial charge in [-0.3, -0.25) is 19.6 Å². The number of piperidine rings is 1. The van der Waals surface area contributed by atoms with Crippen molar-refractivity contribution in [2.24, 2.45) is 0 Å². The minimum Gasteiger partial charge on any atom is -0.364 e. The first-order chi connectivity index (χ1) is 16.6. The normalized spacial score (nSPS) is 20.7. The number of pyridine rings is 1. The topological polar surface area (TPSA) is 78.7 Å².